The molecular formula is C31H48N8O5S. The molecule has 0 bridgehead atoms. The van der Waals surface area contributed by atoms with Crippen LogP contribution in [0.5, 0.6) is 0 Å². The molecule has 3 amide bonds. The highest BCUT2D eigenvalue weighted by atomic mass is 32.1. The molecule has 4 heterocycles. The quantitative estimate of drug-likeness (QED) is 0.349. The van der Waals surface area contributed by atoms with E-state index in [9.17, 15) is 19.5 Å². The lowest BCUT2D eigenvalue weighted by molar-refractivity contribution is -0.138. The van der Waals surface area contributed by atoms with E-state index in [0.717, 1.165) is 11.6 Å². The molecule has 13 nitrogen and oxygen atoms in total. The average molecular weight is 645 g/mol. The number of carbonyl (C=O) groups is 3. The molecule has 248 valence electrons. The van der Waals surface area contributed by atoms with Gasteiger partial charge in [0, 0.05) is 89.3 Å². The topological polar surface area (TPSA) is 144 Å². The summed E-state index contributed by atoms with van der Waals surface area (Å²) in [5, 5.41) is 16.2. The Balaban J connectivity index is 1.57. The van der Waals surface area contributed by atoms with Gasteiger partial charge in [0.25, 0.3) is 5.91 Å². The molecule has 0 radical (unpaired) electrons. The Morgan fingerprint density at radius 3 is 2.47 bits per heavy atom. The molecular weight excluding hydrogens is 596 g/mol. The van der Waals surface area contributed by atoms with E-state index < -0.39 is 18.1 Å². The molecule has 4 rings (SSSR count). The number of piperidine rings is 1. The molecule has 2 aromatic rings. The van der Waals surface area contributed by atoms with Gasteiger partial charge in [0.2, 0.25) is 5.91 Å². The van der Waals surface area contributed by atoms with Crippen molar-refractivity contribution in [3.05, 3.63) is 29.2 Å². The third-order valence-electron chi connectivity index (χ3n) is 8.10. The third-order valence-corrected chi connectivity index (χ3v) is 8.93. The number of hydrogen-bond acceptors (Lipinski definition) is 10. The van der Waals surface area contributed by atoms with Crippen molar-refractivity contribution in [1.29, 1.82) is 0 Å². The Kier molecular flexibility index (Phi) is 11.6. The van der Waals surface area contributed by atoms with Crippen LogP contribution in [0.3, 0.4) is 0 Å². The van der Waals surface area contributed by atoms with Crippen LogP contribution in [0.15, 0.2) is 17.8 Å². The van der Waals surface area contributed by atoms with Crippen molar-refractivity contribution in [2.24, 2.45) is 11.8 Å². The minimum atomic E-state index is -1.10. The fraction of sp³-hybridized carbons (Fsp3) is 0.677. The van der Waals surface area contributed by atoms with Gasteiger partial charge in [-0.05, 0) is 18.8 Å². The van der Waals surface area contributed by atoms with E-state index in [1.807, 2.05) is 44.9 Å². The molecule has 0 saturated carbocycles. The summed E-state index contributed by atoms with van der Waals surface area (Å²) in [5.74, 6) is 0.259. The lowest BCUT2D eigenvalue weighted by Gasteiger charge is -2.44. The highest BCUT2D eigenvalue weighted by Crippen LogP contribution is 2.29. The van der Waals surface area contributed by atoms with Crippen LogP contribution >= 0.6 is 11.3 Å². The lowest BCUT2D eigenvalue weighted by Crippen LogP contribution is -2.58. The zero-order chi connectivity index (χ0) is 32.7. The predicted octanol–water partition coefficient (Wildman–Crippen LogP) is 3.49. The van der Waals surface area contributed by atoms with Crippen molar-refractivity contribution < 1.29 is 24.2 Å². The van der Waals surface area contributed by atoms with Gasteiger partial charge < -0.3 is 34.8 Å². The van der Waals surface area contributed by atoms with Gasteiger partial charge in [0.1, 0.15) is 17.2 Å². The van der Waals surface area contributed by atoms with E-state index >= 15 is 0 Å². The molecule has 45 heavy (non-hydrogen) atoms. The first kappa shape index (κ1) is 34.4. The molecule has 14 heteroatoms. The molecule has 2 N–H and O–H groups in total. The van der Waals surface area contributed by atoms with Crippen LogP contribution in [-0.2, 0) is 14.9 Å². The van der Waals surface area contributed by atoms with Crippen LogP contribution in [-0.4, -0.2) is 125 Å². The Morgan fingerprint density at radius 1 is 1.13 bits per heavy atom. The SMILES string of the molecule is COCCCNc1nc(C(C)(C)C)ncc1C(=O)N(CC(C)C)[C@H]1C[C@@H](C(=O)N2CCN(c3nccs3)CC2)CN(C(=O)O)C1. The lowest BCUT2D eigenvalue weighted by atomic mass is 9.91. The maximum Gasteiger partial charge on any atom is 0.407 e. The second-order valence-electron chi connectivity index (χ2n) is 13.2. The number of piperazine rings is 1. The van der Waals surface area contributed by atoms with Crippen LogP contribution in [0.1, 0.15) is 63.6 Å². The number of nitrogens with zero attached hydrogens (tertiary/aromatic N) is 7. The number of hydrogen-bond donors (Lipinski definition) is 2. The average Bonchev–Trinajstić information content (AvgIpc) is 3.56. The molecule has 2 aliphatic rings. The van der Waals surface area contributed by atoms with Crippen molar-refractivity contribution in [2.75, 3.05) is 76.3 Å². The van der Waals surface area contributed by atoms with E-state index in [2.05, 4.69) is 20.2 Å². The molecule has 0 aromatic carbocycles. The third kappa shape index (κ3) is 8.81. The monoisotopic (exact) mass is 644 g/mol. The van der Waals surface area contributed by atoms with Crippen molar-refractivity contribution in [1.82, 2.24) is 29.7 Å². The number of aromatic nitrogens is 3. The molecule has 2 atom stereocenters. The molecule has 2 aliphatic heterocycles. The number of rotatable bonds is 11. The first-order chi connectivity index (χ1) is 21.4. The number of thiazole rings is 1. The summed E-state index contributed by atoms with van der Waals surface area (Å²) in [4.78, 5) is 61.2. The van der Waals surface area contributed by atoms with Gasteiger partial charge in [-0.25, -0.2) is 19.7 Å². The Morgan fingerprint density at radius 2 is 1.87 bits per heavy atom. The highest BCUT2D eigenvalue weighted by molar-refractivity contribution is 7.13. The van der Waals surface area contributed by atoms with Crippen molar-refractivity contribution in [2.45, 2.75) is 58.9 Å². The van der Waals surface area contributed by atoms with Crippen molar-refractivity contribution in [3.8, 4) is 0 Å². The van der Waals surface area contributed by atoms with Gasteiger partial charge >= 0.3 is 6.09 Å². The van der Waals surface area contributed by atoms with Gasteiger partial charge in [0.05, 0.1) is 12.0 Å². The molecule has 0 unspecified atom stereocenters. The van der Waals surface area contributed by atoms with Gasteiger partial charge in [-0.1, -0.05) is 34.6 Å². The minimum Gasteiger partial charge on any atom is -0.465 e. The Hall–Kier alpha value is -3.52. The number of carbonyl (C=O) groups excluding carboxylic acids is 2. The van der Waals surface area contributed by atoms with Crippen LogP contribution in [0.25, 0.3) is 0 Å². The molecule has 0 spiro atoms. The zero-order valence-electron chi connectivity index (χ0n) is 27.4. The predicted molar refractivity (Wildman–Crippen MR) is 174 cm³/mol. The summed E-state index contributed by atoms with van der Waals surface area (Å²) in [5.41, 5.74) is 0.00190. The number of ether oxygens (including phenoxy) is 1. The van der Waals surface area contributed by atoms with Crippen LogP contribution in [0, 0.1) is 11.8 Å². The number of anilines is 2. The number of amides is 3. The van der Waals surface area contributed by atoms with Gasteiger partial charge in [0.15, 0.2) is 5.13 Å². The van der Waals surface area contributed by atoms with E-state index in [4.69, 9.17) is 9.72 Å². The Labute approximate surface area is 270 Å². The smallest absolute Gasteiger partial charge is 0.407 e. The summed E-state index contributed by atoms with van der Waals surface area (Å²) < 4.78 is 5.19. The number of nitrogens with one attached hydrogen (secondary N) is 1. The fourth-order valence-electron chi connectivity index (χ4n) is 5.79. The first-order valence-electron chi connectivity index (χ1n) is 15.7. The standard InChI is InChI=1S/C31H48N8O5S/c1-21(2)18-39(27(41)24-17-34-28(31(3,4)5)35-25(24)32-8-7-14-44-6)23-16-22(19-38(20-23)30(42)43)26(40)36-10-12-37(13-11-36)29-33-9-15-45-29/h9,15,17,21-23H,7-8,10-14,16,18-20H2,1-6H3,(H,42,43)(H,32,34,35)/t22-,23+/m1/s1. The first-order valence-corrected chi connectivity index (χ1v) is 16.6. The number of likely N-dealkylation sites (tertiary alicyclic amines) is 1. The Bertz CT molecular complexity index is 1290. The fourth-order valence-corrected chi connectivity index (χ4v) is 6.48. The summed E-state index contributed by atoms with van der Waals surface area (Å²) in [6.07, 6.45) is 3.36. The van der Waals surface area contributed by atoms with E-state index in [1.165, 1.54) is 4.90 Å². The molecule has 2 saturated heterocycles. The van der Waals surface area contributed by atoms with Crippen LogP contribution in [0.4, 0.5) is 15.7 Å². The maximum absolute atomic E-state index is 14.4. The van der Waals surface area contributed by atoms with E-state index in [1.54, 1.807) is 35.7 Å². The van der Waals surface area contributed by atoms with Crippen LogP contribution in [0.2, 0.25) is 0 Å². The minimum absolute atomic E-state index is 0.0694. The van der Waals surface area contributed by atoms with Gasteiger partial charge in [-0.2, -0.15) is 0 Å². The summed E-state index contributed by atoms with van der Waals surface area (Å²) in [6.45, 7) is 14.3. The zero-order valence-corrected chi connectivity index (χ0v) is 28.2. The summed E-state index contributed by atoms with van der Waals surface area (Å²) >= 11 is 1.57. The van der Waals surface area contributed by atoms with Crippen LogP contribution < -0.4 is 10.2 Å². The van der Waals surface area contributed by atoms with E-state index in [-0.39, 0.29) is 36.2 Å². The maximum atomic E-state index is 14.4. The number of carboxylic acid groups (broad SMARTS) is 1. The summed E-state index contributed by atoms with van der Waals surface area (Å²) in [7, 11) is 1.65. The molecule has 2 fully saturated rings. The molecule has 0 aliphatic carbocycles. The highest BCUT2D eigenvalue weighted by Gasteiger charge is 2.41. The number of methoxy groups -OCH3 is 1. The van der Waals surface area contributed by atoms with Gasteiger partial charge in [-0.3, -0.25) is 9.59 Å². The molecule has 2 aromatic heterocycles. The van der Waals surface area contributed by atoms with Crippen molar-refractivity contribution in [3.63, 3.8) is 0 Å². The van der Waals surface area contributed by atoms with E-state index in [0.29, 0.717) is 69.5 Å². The van der Waals surface area contributed by atoms with Crippen molar-refractivity contribution >= 4 is 40.2 Å². The largest absolute Gasteiger partial charge is 0.465 e. The summed E-state index contributed by atoms with van der Waals surface area (Å²) in [6, 6.07) is -0.487. The second kappa shape index (κ2) is 15.2. The normalized spacial score (nSPS) is 19.1. The second-order valence-corrected chi connectivity index (χ2v) is 14.1. The van der Waals surface area contributed by atoms with Gasteiger partial charge in [-0.15, -0.1) is 11.3 Å².